The first-order valence-electron chi connectivity index (χ1n) is 2.82. The predicted molar refractivity (Wildman–Crippen MR) is 37.3 cm³/mol. The molecule has 0 heterocycles. The van der Waals surface area contributed by atoms with Crippen molar-refractivity contribution in [3.05, 3.63) is 0 Å². The maximum Gasteiger partial charge on any atom is 0.393 e. The number of nitrogens with two attached hydrogens (primary N) is 1. The third kappa shape index (κ3) is 3.59. The first-order valence-corrected chi connectivity index (χ1v) is 4.43. The molecule has 0 fully saturated rings. The quantitative estimate of drug-likeness (QED) is 0.402. The highest BCUT2D eigenvalue weighted by Crippen LogP contribution is 2.36. The summed E-state index contributed by atoms with van der Waals surface area (Å²) in [5.41, 5.74) is 3.33. The van der Waals surface area contributed by atoms with E-state index in [9.17, 15) is 14.2 Å². The van der Waals surface area contributed by atoms with Crippen LogP contribution in [0, 0.1) is 0 Å². The molecule has 8 heteroatoms. The van der Waals surface area contributed by atoms with Gasteiger partial charge in [-0.15, -0.1) is 0 Å². The predicted octanol–water partition coefficient (Wildman–Crippen LogP) is -1.51. The molecule has 0 aliphatic rings. The number of rotatable bonds is 4. The molecule has 1 atom stereocenters. The maximum absolute atomic E-state index is 10.5. The summed E-state index contributed by atoms with van der Waals surface area (Å²) in [7, 11) is -4.90. The summed E-state index contributed by atoms with van der Waals surface area (Å²) in [4.78, 5) is 37.0. The zero-order chi connectivity index (χ0) is 9.94. The smallest absolute Gasteiger partial charge is 0.393 e. The Morgan fingerprint density at radius 2 is 1.83 bits per heavy atom. The summed E-state index contributed by atoms with van der Waals surface area (Å²) in [6.45, 7) is 0. The van der Waals surface area contributed by atoms with Gasteiger partial charge in [0.25, 0.3) is 5.52 Å². The molecule has 0 rings (SSSR count). The van der Waals surface area contributed by atoms with E-state index in [0.717, 1.165) is 0 Å². The topological polar surface area (TPSA) is 138 Å². The Balaban J connectivity index is 4.31. The minimum atomic E-state index is -4.90. The fourth-order valence-corrected chi connectivity index (χ4v) is 1.01. The van der Waals surface area contributed by atoms with E-state index in [4.69, 9.17) is 20.6 Å². The number of carboxylic acid groups (broad SMARTS) is 1. The number of hydrogen-bond donors (Lipinski definition) is 4. The fourth-order valence-electron chi connectivity index (χ4n) is 0.491. The van der Waals surface area contributed by atoms with Gasteiger partial charge in [0.05, 0.1) is 12.5 Å². The van der Waals surface area contributed by atoms with Crippen LogP contribution in [0.2, 0.25) is 0 Å². The van der Waals surface area contributed by atoms with Gasteiger partial charge in [0.1, 0.15) is 0 Å². The summed E-state index contributed by atoms with van der Waals surface area (Å²) in [6.07, 6.45) is -0.788. The van der Waals surface area contributed by atoms with E-state index < -0.39 is 31.6 Å². The molecule has 0 aliphatic heterocycles. The lowest BCUT2D eigenvalue weighted by atomic mass is 10.2. The molecule has 12 heavy (non-hydrogen) atoms. The van der Waals surface area contributed by atoms with E-state index >= 15 is 0 Å². The summed E-state index contributed by atoms with van der Waals surface area (Å²) in [5.74, 6) is -1.38. The van der Waals surface area contributed by atoms with Crippen LogP contribution in [0.3, 0.4) is 0 Å². The molecule has 0 bridgehead atoms. The summed E-state index contributed by atoms with van der Waals surface area (Å²) < 4.78 is 10.2. The molecule has 0 aromatic heterocycles. The van der Waals surface area contributed by atoms with E-state index in [1.807, 2.05) is 0 Å². The molecule has 0 amide bonds. The molecule has 0 saturated carbocycles. The van der Waals surface area contributed by atoms with Crippen molar-refractivity contribution < 1.29 is 29.0 Å². The van der Waals surface area contributed by atoms with Crippen LogP contribution in [-0.4, -0.2) is 32.4 Å². The maximum atomic E-state index is 10.5. The van der Waals surface area contributed by atoms with Gasteiger partial charge >= 0.3 is 13.6 Å². The molecule has 7 nitrogen and oxygen atoms in total. The van der Waals surface area contributed by atoms with Crippen LogP contribution in [0.5, 0.6) is 0 Å². The molecule has 0 spiro atoms. The molecular weight excluding hydrogens is 189 g/mol. The second kappa shape index (κ2) is 3.77. The number of hydrogen-bond acceptors (Lipinski definition) is 4. The van der Waals surface area contributed by atoms with Gasteiger partial charge < -0.3 is 20.6 Å². The SMILES string of the molecule is N[C@@H](CC(=O)O)C(=O)P(=O)(O)O. The highest BCUT2D eigenvalue weighted by atomic mass is 31.2. The largest absolute Gasteiger partial charge is 0.481 e. The second-order valence-electron chi connectivity index (χ2n) is 2.09. The molecule has 70 valence electrons. The number of carboxylic acids is 1. The normalized spacial score (nSPS) is 13.9. The Labute approximate surface area is 67.3 Å². The van der Waals surface area contributed by atoms with Gasteiger partial charge in [-0.1, -0.05) is 0 Å². The van der Waals surface area contributed by atoms with Crippen LogP contribution in [0.1, 0.15) is 6.42 Å². The average Bonchev–Trinajstić information content (AvgIpc) is 1.82. The van der Waals surface area contributed by atoms with Crippen molar-refractivity contribution in [2.24, 2.45) is 5.73 Å². The lowest BCUT2D eigenvalue weighted by Gasteiger charge is -2.07. The van der Waals surface area contributed by atoms with Crippen LogP contribution < -0.4 is 5.73 Å². The highest BCUT2D eigenvalue weighted by molar-refractivity contribution is 7.70. The minimum absolute atomic E-state index is 0.788. The van der Waals surface area contributed by atoms with Crippen molar-refractivity contribution >= 4 is 19.1 Å². The minimum Gasteiger partial charge on any atom is -0.481 e. The standard InChI is InChI=1S/C4H8NO6P/c5-2(1-3(6)7)4(8)12(9,10)11/h2H,1,5H2,(H,6,7)(H2,9,10,11)/t2-/m0/s1. The van der Waals surface area contributed by atoms with E-state index in [0.29, 0.717) is 0 Å². The molecule has 0 aliphatic carbocycles. The Kier molecular flexibility index (Phi) is 3.54. The number of carbonyl (C=O) groups is 2. The second-order valence-corrected chi connectivity index (χ2v) is 3.62. The molecule has 0 aromatic carbocycles. The van der Waals surface area contributed by atoms with Crippen LogP contribution in [0.4, 0.5) is 0 Å². The van der Waals surface area contributed by atoms with E-state index in [1.54, 1.807) is 0 Å². The molecule has 5 N–H and O–H groups in total. The zero-order valence-corrected chi connectivity index (χ0v) is 6.77. The molecule has 0 unspecified atom stereocenters. The Morgan fingerprint density at radius 3 is 2.08 bits per heavy atom. The lowest BCUT2D eigenvalue weighted by molar-refractivity contribution is -0.138. The van der Waals surface area contributed by atoms with Crippen LogP contribution >= 0.6 is 7.60 Å². The Bertz CT molecular complexity index is 244. The molecule has 0 saturated heterocycles. The van der Waals surface area contributed by atoms with Gasteiger partial charge in [0, 0.05) is 0 Å². The monoisotopic (exact) mass is 197 g/mol. The summed E-state index contributed by atoms with van der Waals surface area (Å²) >= 11 is 0. The van der Waals surface area contributed by atoms with Gasteiger partial charge in [0.15, 0.2) is 0 Å². The fraction of sp³-hybridized carbons (Fsp3) is 0.500. The average molecular weight is 197 g/mol. The highest BCUT2D eigenvalue weighted by Gasteiger charge is 2.32. The van der Waals surface area contributed by atoms with Crippen molar-refractivity contribution in [1.29, 1.82) is 0 Å². The van der Waals surface area contributed by atoms with Gasteiger partial charge in [-0.2, -0.15) is 0 Å². The van der Waals surface area contributed by atoms with E-state index in [1.165, 1.54) is 0 Å². The van der Waals surface area contributed by atoms with E-state index in [2.05, 4.69) is 0 Å². The van der Waals surface area contributed by atoms with Crippen LogP contribution in [0.15, 0.2) is 0 Å². The first-order chi connectivity index (χ1) is 5.25. The van der Waals surface area contributed by atoms with Gasteiger partial charge in [-0.3, -0.25) is 14.2 Å². The molecule has 0 aromatic rings. The Morgan fingerprint density at radius 1 is 1.42 bits per heavy atom. The van der Waals surface area contributed by atoms with Crippen molar-refractivity contribution in [3.8, 4) is 0 Å². The van der Waals surface area contributed by atoms with Crippen molar-refractivity contribution in [2.45, 2.75) is 12.5 Å². The van der Waals surface area contributed by atoms with Crippen LogP contribution in [0.25, 0.3) is 0 Å². The Hall–Kier alpha value is -0.750. The van der Waals surface area contributed by atoms with Gasteiger partial charge in [0.2, 0.25) is 0 Å². The van der Waals surface area contributed by atoms with Crippen molar-refractivity contribution in [1.82, 2.24) is 0 Å². The third-order valence-corrected chi connectivity index (χ3v) is 1.90. The number of carbonyl (C=O) groups excluding carboxylic acids is 1. The lowest BCUT2D eigenvalue weighted by Crippen LogP contribution is -2.32. The molecule has 0 radical (unpaired) electrons. The van der Waals surface area contributed by atoms with Crippen molar-refractivity contribution in [3.63, 3.8) is 0 Å². The summed E-state index contributed by atoms with van der Waals surface area (Å²) in [5, 5.41) is 8.11. The van der Waals surface area contributed by atoms with Crippen LogP contribution in [-0.2, 0) is 14.2 Å². The zero-order valence-electron chi connectivity index (χ0n) is 5.88. The van der Waals surface area contributed by atoms with E-state index in [-0.39, 0.29) is 0 Å². The third-order valence-electron chi connectivity index (χ3n) is 0.999. The first kappa shape index (κ1) is 11.2. The number of aliphatic carboxylic acids is 1. The summed E-state index contributed by atoms with van der Waals surface area (Å²) in [6, 6.07) is -1.65. The van der Waals surface area contributed by atoms with Gasteiger partial charge in [-0.25, -0.2) is 0 Å². The molecular formula is C4H8NO6P. The van der Waals surface area contributed by atoms with Gasteiger partial charge in [-0.05, 0) is 0 Å². The van der Waals surface area contributed by atoms with Crippen molar-refractivity contribution in [2.75, 3.05) is 0 Å².